The van der Waals surface area contributed by atoms with Gasteiger partial charge in [-0.25, -0.2) is 9.18 Å². The van der Waals surface area contributed by atoms with Crippen molar-refractivity contribution in [3.8, 4) is 0 Å². The quantitative estimate of drug-likeness (QED) is 0.270. The molecule has 1 aromatic carbocycles. The van der Waals surface area contributed by atoms with Crippen molar-refractivity contribution >= 4 is 17.9 Å². The minimum absolute atomic E-state index is 0. The van der Waals surface area contributed by atoms with Crippen LogP contribution in [0.2, 0.25) is 0 Å². The minimum Gasteiger partial charge on any atom is -0.359 e. The molecule has 0 saturated heterocycles. The third-order valence-corrected chi connectivity index (χ3v) is 6.69. The predicted octanol–water partition coefficient (Wildman–Crippen LogP) is 6.73. The number of hydrogen-bond acceptors (Lipinski definition) is 3. The Morgan fingerprint density at radius 1 is 1.30 bits per heavy atom. The first-order chi connectivity index (χ1) is 15.5. The molecule has 1 amide bonds. The fourth-order valence-electron chi connectivity index (χ4n) is 4.03. The normalized spacial score (nSPS) is 16.5. The van der Waals surface area contributed by atoms with Gasteiger partial charge in [-0.15, -0.1) is 0 Å². The molecule has 0 radical (unpaired) electrons. The van der Waals surface area contributed by atoms with Crippen molar-refractivity contribution in [3.05, 3.63) is 60.0 Å². The molecule has 0 heterocycles. The first kappa shape index (κ1) is 28.5. The van der Waals surface area contributed by atoms with Crippen molar-refractivity contribution in [3.63, 3.8) is 0 Å². The lowest BCUT2D eigenvalue weighted by Gasteiger charge is -2.16. The molecule has 3 rings (SSSR count). The predicted molar refractivity (Wildman–Crippen MR) is 135 cm³/mol. The highest BCUT2D eigenvalue weighted by Crippen LogP contribution is 2.52. The summed E-state index contributed by atoms with van der Waals surface area (Å²) < 4.78 is 13.7. The second-order valence-electron chi connectivity index (χ2n) is 9.03. The Morgan fingerprint density at radius 3 is 2.55 bits per heavy atom. The molecule has 4 nitrogen and oxygen atoms in total. The molecular formula is C28H41FN2O2. The minimum atomic E-state index is -0.228. The number of allylic oxidation sites excluding steroid dienone is 3. The van der Waals surface area contributed by atoms with E-state index >= 15 is 0 Å². The van der Waals surface area contributed by atoms with Crippen LogP contribution in [0.15, 0.2) is 43.0 Å². The van der Waals surface area contributed by atoms with Gasteiger partial charge in [0.15, 0.2) is 0 Å². The average Bonchev–Trinajstić information content (AvgIpc) is 3.73. The Kier molecular flexibility index (Phi) is 12.6. The fourth-order valence-corrected chi connectivity index (χ4v) is 4.03. The average molecular weight is 457 g/mol. The van der Waals surface area contributed by atoms with Crippen molar-refractivity contribution in [2.45, 2.75) is 76.5 Å². The lowest BCUT2D eigenvalue weighted by atomic mass is 9.89. The molecule has 5 heteroatoms. The van der Waals surface area contributed by atoms with Gasteiger partial charge in [-0.2, -0.15) is 0 Å². The molecule has 1 atom stereocenters. The van der Waals surface area contributed by atoms with Crippen molar-refractivity contribution in [1.82, 2.24) is 11.5 Å². The molecule has 0 bridgehead atoms. The smallest absolute Gasteiger partial charge is 0.223 e. The lowest BCUT2D eigenvalue weighted by molar-refractivity contribution is -0.124. The summed E-state index contributed by atoms with van der Waals surface area (Å²) in [6.45, 7) is 5.94. The van der Waals surface area contributed by atoms with Crippen molar-refractivity contribution in [2.75, 3.05) is 7.05 Å². The van der Waals surface area contributed by atoms with Gasteiger partial charge >= 0.3 is 0 Å². The van der Waals surface area contributed by atoms with E-state index in [1.54, 1.807) is 19.1 Å². The number of rotatable bonds is 12. The zero-order valence-corrected chi connectivity index (χ0v) is 20.4. The molecule has 2 aliphatic rings. The van der Waals surface area contributed by atoms with Crippen LogP contribution in [0.1, 0.15) is 82.3 Å². The molecule has 4 N–H and O–H groups in total. The summed E-state index contributed by atoms with van der Waals surface area (Å²) in [6.07, 6.45) is 17.7. The molecule has 182 valence electrons. The van der Waals surface area contributed by atoms with Gasteiger partial charge in [0.25, 0.3) is 0 Å². The zero-order valence-electron chi connectivity index (χ0n) is 20.4. The number of carbonyl (C=O) groups is 1. The second kappa shape index (κ2) is 14.6. The van der Waals surface area contributed by atoms with Crippen LogP contribution in [0.3, 0.4) is 0 Å². The van der Waals surface area contributed by atoms with Crippen molar-refractivity contribution in [1.29, 1.82) is 0 Å². The maximum atomic E-state index is 13.7. The standard InChI is InChI=1S/C23H28FNO2.C5H10.H3N/c1-3-18-17-20(11-12-21(18)24)23(14-15-23)13-7-4-5-9-19(22(27)25-2)10-6-8-16-26;1-2-5-3-4-5;/h3-5,8,11-12,17,19H,1,6-7,9-10,13-15H2,2H3,(H,25,27);5H,2-4H2,1H3;1H3/b5-4+;;. The summed E-state index contributed by atoms with van der Waals surface area (Å²) in [7, 11) is 1.63. The zero-order chi connectivity index (χ0) is 23.4. The molecule has 2 saturated carbocycles. The van der Waals surface area contributed by atoms with E-state index in [1.165, 1.54) is 37.0 Å². The molecule has 33 heavy (non-hydrogen) atoms. The molecule has 2 aliphatic carbocycles. The topological polar surface area (TPSA) is 81.2 Å². The van der Waals surface area contributed by atoms with Crippen LogP contribution < -0.4 is 11.5 Å². The molecule has 0 aromatic heterocycles. The summed E-state index contributed by atoms with van der Waals surface area (Å²) in [5.41, 5.74) is 1.91. The highest BCUT2D eigenvalue weighted by atomic mass is 19.1. The molecule has 1 unspecified atom stereocenters. The van der Waals surface area contributed by atoms with Gasteiger partial charge in [-0.05, 0) is 80.1 Å². The summed E-state index contributed by atoms with van der Waals surface area (Å²) in [5.74, 6) is 2.53. The number of hydrogen-bond donors (Lipinski definition) is 2. The van der Waals surface area contributed by atoms with Crippen LogP contribution in [0, 0.1) is 17.7 Å². The second-order valence-corrected chi connectivity index (χ2v) is 9.03. The third kappa shape index (κ3) is 9.49. The summed E-state index contributed by atoms with van der Waals surface area (Å²) in [4.78, 5) is 22.2. The van der Waals surface area contributed by atoms with E-state index in [2.05, 4.69) is 31.0 Å². The van der Waals surface area contributed by atoms with Crippen LogP contribution in [0.5, 0.6) is 0 Å². The maximum Gasteiger partial charge on any atom is 0.223 e. The summed E-state index contributed by atoms with van der Waals surface area (Å²) in [6, 6.07) is 5.34. The van der Waals surface area contributed by atoms with E-state index in [0.717, 1.165) is 31.6 Å². The van der Waals surface area contributed by atoms with Gasteiger partial charge in [-0.1, -0.05) is 57.1 Å². The Hall–Kier alpha value is -2.49. The SMILES string of the molecule is C=Cc1cc(C2(CC/C=C/CC(CCC=C=O)C(=O)NC)CC2)ccc1F.CCC1CC1.N. The lowest BCUT2D eigenvalue weighted by Crippen LogP contribution is -2.26. The largest absolute Gasteiger partial charge is 0.359 e. The van der Waals surface area contributed by atoms with Gasteiger partial charge in [-0.3, -0.25) is 4.79 Å². The van der Waals surface area contributed by atoms with Crippen LogP contribution >= 0.6 is 0 Å². The highest BCUT2D eigenvalue weighted by molar-refractivity contribution is 5.78. The van der Waals surface area contributed by atoms with Gasteiger partial charge in [0.1, 0.15) is 11.8 Å². The molecule has 0 aliphatic heterocycles. The fraction of sp³-hybridized carbons (Fsp3) is 0.536. The van der Waals surface area contributed by atoms with Gasteiger partial charge in [0, 0.05) is 18.5 Å². The van der Waals surface area contributed by atoms with E-state index in [-0.39, 0.29) is 29.2 Å². The van der Waals surface area contributed by atoms with Gasteiger partial charge in [0.2, 0.25) is 5.91 Å². The van der Waals surface area contributed by atoms with Gasteiger partial charge < -0.3 is 11.5 Å². The number of benzene rings is 1. The molecule has 1 aromatic rings. The number of halogens is 1. The number of carbonyl (C=O) groups excluding carboxylic acids is 2. The number of amides is 1. The van der Waals surface area contributed by atoms with E-state index in [4.69, 9.17) is 0 Å². The van der Waals surface area contributed by atoms with E-state index < -0.39 is 0 Å². The molecule has 0 spiro atoms. The summed E-state index contributed by atoms with van der Waals surface area (Å²) in [5, 5.41) is 2.68. The van der Waals surface area contributed by atoms with Crippen molar-refractivity contribution in [2.24, 2.45) is 11.8 Å². The van der Waals surface area contributed by atoms with Crippen LogP contribution in [0.25, 0.3) is 6.08 Å². The van der Waals surface area contributed by atoms with E-state index in [0.29, 0.717) is 24.8 Å². The Labute approximate surface area is 199 Å². The van der Waals surface area contributed by atoms with Gasteiger partial charge in [0.05, 0.1) is 0 Å². The van der Waals surface area contributed by atoms with Crippen LogP contribution in [-0.4, -0.2) is 18.9 Å². The van der Waals surface area contributed by atoms with E-state index in [1.807, 2.05) is 12.1 Å². The van der Waals surface area contributed by atoms with E-state index in [9.17, 15) is 14.0 Å². The number of nitrogens with one attached hydrogen (secondary N) is 1. The molecular weight excluding hydrogens is 415 g/mol. The molecule has 2 fully saturated rings. The first-order valence-electron chi connectivity index (χ1n) is 12.0. The van der Waals surface area contributed by atoms with Crippen LogP contribution in [0.4, 0.5) is 4.39 Å². The highest BCUT2D eigenvalue weighted by Gasteiger charge is 2.43. The Balaban J connectivity index is 0.000000799. The van der Waals surface area contributed by atoms with Crippen molar-refractivity contribution < 1.29 is 14.0 Å². The third-order valence-electron chi connectivity index (χ3n) is 6.69. The summed E-state index contributed by atoms with van der Waals surface area (Å²) >= 11 is 0. The Bertz CT molecular complexity index is 834. The monoisotopic (exact) mass is 456 g/mol. The van der Waals surface area contributed by atoms with Crippen LogP contribution in [-0.2, 0) is 15.0 Å². The Morgan fingerprint density at radius 2 is 2.03 bits per heavy atom. The maximum absolute atomic E-state index is 13.7. The first-order valence-corrected chi connectivity index (χ1v) is 12.0.